The SMILES string of the molecule is CC(=O)[C@H](CCCCNC(=O)COCCOCCCC(=O)COCCOCCNC(=O)CC[C@H](CC(=O)CCCCCCCCCCC(=O)O)C(=O)O)CC(=O)[C@H](CCCCNC(=O)COCCOCCNC(=O)COCCOCCCC(=O)CC[C@H](NC(=O)CCCCCCCCCCC(=O)O)C(=O)O)CC(=O)CCc1cnc[nH]1.[HH].[HH]. The zero-order valence-corrected chi connectivity index (χ0v) is 68.8. The fourth-order valence-corrected chi connectivity index (χ4v) is 12.2. The second-order valence-electron chi connectivity index (χ2n) is 29.1. The third-order valence-electron chi connectivity index (χ3n) is 18.9. The van der Waals surface area contributed by atoms with Crippen molar-refractivity contribution in [2.45, 2.75) is 263 Å². The molecule has 0 saturated heterocycles. The maximum absolute atomic E-state index is 13.8. The molecule has 0 aliphatic heterocycles. The van der Waals surface area contributed by atoms with E-state index >= 15 is 0 Å². The molecule has 0 unspecified atom stereocenters. The monoisotopic (exact) mass is 1660 g/mol. The van der Waals surface area contributed by atoms with Crippen molar-refractivity contribution in [1.82, 2.24) is 36.6 Å². The first-order valence-corrected chi connectivity index (χ1v) is 41.9. The standard InChI is InChI=1S/C82H137N7O27.2H2/c1-63(90)64(24-18-20-38-84-76(98)59-114-51-47-110-43-23-28-71(94)58-113-50-48-111-44-40-86-74(96)37-32-66(81(105)106)55-69(92)26-14-10-6-2-4-8-12-16-30-79(101)102)56-73(95)65(54-70(93)34-33-67-57-83-62-88-67)25-19-21-39-85-77(99)60-116-53-49-112-45-41-87-78(100)61-115-52-46-109-42-22-27-68(91)35-36-72(82(107)108)89-75(97)29-15-11-7-3-5-9-13-17-31-80(103)104;;/h57,62,64-66,72H,2-56,58-61H2,1H3,(H,83,88)(H,84,98)(H,85,99)(H,86,96)(H,87,100)(H,89,97)(H,101,102)(H,103,104)(H,105,106)(H,107,108);2*1H/t64-,65-,66-,72+;;/m1../s1. The zero-order chi connectivity index (χ0) is 85.3. The number of Topliss-reactive ketones (excluding diaryl/α,β-unsaturated/α-hetero) is 6. The molecule has 1 heterocycles. The molecule has 0 aliphatic rings. The first-order valence-electron chi connectivity index (χ1n) is 41.9. The molecule has 1 aromatic rings. The first-order chi connectivity index (χ1) is 55.9. The van der Waals surface area contributed by atoms with Gasteiger partial charge in [0.25, 0.3) is 0 Å². The highest BCUT2D eigenvalue weighted by atomic mass is 16.5. The van der Waals surface area contributed by atoms with Crippen molar-refractivity contribution in [3.05, 3.63) is 18.2 Å². The number of carbonyl (C=O) groups is 15. The summed E-state index contributed by atoms with van der Waals surface area (Å²) >= 11 is 0. The van der Waals surface area contributed by atoms with Crippen molar-refractivity contribution in [3.8, 4) is 0 Å². The normalized spacial score (nSPS) is 12.2. The molecule has 0 radical (unpaired) electrons. The summed E-state index contributed by atoms with van der Waals surface area (Å²) in [7, 11) is 0. The molecule has 34 heteroatoms. The van der Waals surface area contributed by atoms with Gasteiger partial charge in [0.2, 0.25) is 29.5 Å². The number of aromatic nitrogens is 2. The van der Waals surface area contributed by atoms with Gasteiger partial charge in [-0.3, -0.25) is 67.1 Å². The van der Waals surface area contributed by atoms with Crippen LogP contribution in [0.5, 0.6) is 0 Å². The Bertz CT molecular complexity index is 2930. The van der Waals surface area contributed by atoms with E-state index in [2.05, 4.69) is 36.6 Å². The molecule has 116 heavy (non-hydrogen) atoms. The minimum Gasteiger partial charge on any atom is -0.481 e. The molecule has 0 bridgehead atoms. The Kier molecular flexibility index (Phi) is 67.3. The van der Waals surface area contributed by atoms with Gasteiger partial charge in [-0.2, -0.15) is 0 Å². The Labute approximate surface area is 686 Å². The van der Waals surface area contributed by atoms with Crippen molar-refractivity contribution in [2.24, 2.45) is 17.8 Å². The number of carbonyl (C=O) groups excluding carboxylic acids is 11. The van der Waals surface area contributed by atoms with Crippen LogP contribution in [0.15, 0.2) is 12.5 Å². The van der Waals surface area contributed by atoms with Crippen LogP contribution in [0.25, 0.3) is 0 Å². The molecule has 34 nitrogen and oxygen atoms in total. The van der Waals surface area contributed by atoms with Crippen molar-refractivity contribution in [3.63, 3.8) is 0 Å². The number of unbranched alkanes of at least 4 members (excludes halogenated alkanes) is 16. The van der Waals surface area contributed by atoms with E-state index in [1.165, 1.54) is 13.3 Å². The van der Waals surface area contributed by atoms with Gasteiger partial charge in [-0.05, 0) is 90.4 Å². The smallest absolute Gasteiger partial charge is 0.326 e. The van der Waals surface area contributed by atoms with Crippen LogP contribution in [-0.2, 0) is 116 Å². The van der Waals surface area contributed by atoms with Crippen LogP contribution in [0.2, 0.25) is 0 Å². The van der Waals surface area contributed by atoms with Gasteiger partial charge < -0.3 is 89.9 Å². The molecule has 0 aromatic carbocycles. The van der Waals surface area contributed by atoms with E-state index < -0.39 is 47.7 Å². The van der Waals surface area contributed by atoms with E-state index in [1.54, 1.807) is 6.20 Å². The number of hydrogen-bond acceptors (Lipinski definition) is 24. The maximum Gasteiger partial charge on any atom is 0.326 e. The van der Waals surface area contributed by atoms with Crippen molar-refractivity contribution in [1.29, 1.82) is 0 Å². The van der Waals surface area contributed by atoms with Crippen LogP contribution in [0.1, 0.15) is 259 Å². The van der Waals surface area contributed by atoms with Gasteiger partial charge in [-0.1, -0.05) is 89.9 Å². The van der Waals surface area contributed by atoms with Crippen molar-refractivity contribution in [2.75, 3.05) is 132 Å². The van der Waals surface area contributed by atoms with Crippen LogP contribution in [0.4, 0.5) is 0 Å². The highest BCUT2D eigenvalue weighted by molar-refractivity contribution is 5.91. The van der Waals surface area contributed by atoms with E-state index in [0.717, 1.165) is 82.7 Å². The lowest BCUT2D eigenvalue weighted by molar-refractivity contribution is -0.144. The fraction of sp³-hybridized carbons (Fsp3) is 0.780. The van der Waals surface area contributed by atoms with Gasteiger partial charge >= 0.3 is 23.9 Å². The summed E-state index contributed by atoms with van der Waals surface area (Å²) in [4.78, 5) is 190. The molecule has 1 aromatic heterocycles. The lowest BCUT2D eigenvalue weighted by Crippen LogP contribution is -2.41. The topological polar surface area (TPSA) is 500 Å². The largest absolute Gasteiger partial charge is 0.481 e. The third kappa shape index (κ3) is 67.2. The van der Waals surface area contributed by atoms with Gasteiger partial charge in [-0.25, -0.2) is 9.78 Å². The van der Waals surface area contributed by atoms with Gasteiger partial charge in [0.1, 0.15) is 61.4 Å². The molecule has 10 N–H and O–H groups in total. The number of ketones is 6. The number of nitrogens with one attached hydrogen (secondary N) is 6. The average Bonchev–Trinajstić information content (AvgIpc) is 1.04. The van der Waals surface area contributed by atoms with Gasteiger partial charge in [0.05, 0.1) is 78.3 Å². The van der Waals surface area contributed by atoms with Gasteiger partial charge in [0, 0.05) is 143 Å². The summed E-state index contributed by atoms with van der Waals surface area (Å²) in [5.74, 6) is -8.59. The number of H-pyrrole nitrogens is 1. The van der Waals surface area contributed by atoms with Crippen LogP contribution >= 0.6 is 0 Å². The molecule has 0 saturated carbocycles. The number of amides is 5. The summed E-state index contributed by atoms with van der Waals surface area (Å²) in [6, 6.07) is -1.16. The van der Waals surface area contributed by atoms with Gasteiger partial charge in [0.15, 0.2) is 5.78 Å². The predicted octanol–water partition coefficient (Wildman–Crippen LogP) is 7.97. The summed E-state index contributed by atoms with van der Waals surface area (Å²) in [6.45, 7) is 3.99. The van der Waals surface area contributed by atoms with Crippen LogP contribution in [0.3, 0.4) is 0 Å². The number of aryl methyl sites for hydroxylation is 1. The fourth-order valence-electron chi connectivity index (χ4n) is 12.2. The number of carboxylic acid groups (broad SMARTS) is 4. The average molecular weight is 1660 g/mol. The Morgan fingerprint density at radius 2 is 0.759 bits per heavy atom. The number of hydrogen-bond donors (Lipinski definition) is 10. The molecule has 0 fully saturated rings. The Morgan fingerprint density at radius 1 is 0.345 bits per heavy atom. The molecular formula is C82H141N7O27. The minimum atomic E-state index is -1.20. The predicted molar refractivity (Wildman–Crippen MR) is 429 cm³/mol. The van der Waals surface area contributed by atoms with E-state index in [1.807, 2.05) is 0 Å². The number of ether oxygens (including phenoxy) is 8. The zero-order valence-electron chi connectivity index (χ0n) is 68.8. The molecular weight excluding hydrogens is 1510 g/mol. The second-order valence-corrected chi connectivity index (χ2v) is 29.1. The first kappa shape index (κ1) is 106. The molecule has 4 atom stereocenters. The second kappa shape index (κ2) is 73.5. The number of aliphatic carboxylic acids is 4. The highest BCUT2D eigenvalue weighted by Crippen LogP contribution is 2.24. The van der Waals surface area contributed by atoms with Crippen molar-refractivity contribution < 1.29 is 133 Å². The van der Waals surface area contributed by atoms with Crippen LogP contribution in [-0.4, -0.2) is 256 Å². The highest BCUT2D eigenvalue weighted by Gasteiger charge is 2.28. The lowest BCUT2D eigenvalue weighted by Gasteiger charge is -2.19. The minimum absolute atomic E-state index is 0. The van der Waals surface area contributed by atoms with E-state index in [9.17, 15) is 82.1 Å². The molecule has 5 amide bonds. The molecule has 666 valence electrons. The quantitative estimate of drug-likeness (QED) is 0.0276. The Hall–Kier alpha value is -7.86. The maximum atomic E-state index is 13.8. The Balaban J connectivity index is 0. The van der Waals surface area contributed by atoms with E-state index in [4.69, 9.17) is 48.1 Å². The summed E-state index contributed by atoms with van der Waals surface area (Å²) in [5.41, 5.74) is 0.791. The molecule has 1 rings (SSSR count). The number of rotatable bonds is 86. The lowest BCUT2D eigenvalue weighted by atomic mass is 9.84. The molecule has 0 spiro atoms. The summed E-state index contributed by atoms with van der Waals surface area (Å²) in [5, 5.41) is 50.0. The van der Waals surface area contributed by atoms with Crippen LogP contribution in [0, 0.1) is 17.8 Å². The summed E-state index contributed by atoms with van der Waals surface area (Å²) < 4.78 is 43.5. The summed E-state index contributed by atoms with van der Waals surface area (Å²) in [6.07, 6.45) is 22.7. The molecule has 0 aliphatic carbocycles. The Morgan fingerprint density at radius 3 is 1.23 bits per heavy atom. The number of nitrogens with zero attached hydrogens (tertiary/aromatic N) is 1. The van der Waals surface area contributed by atoms with Gasteiger partial charge in [-0.15, -0.1) is 0 Å². The number of aromatic amines is 1. The van der Waals surface area contributed by atoms with E-state index in [-0.39, 0.29) is 263 Å². The van der Waals surface area contributed by atoms with E-state index in [0.29, 0.717) is 110 Å². The van der Waals surface area contributed by atoms with Crippen LogP contribution < -0.4 is 26.6 Å². The number of carboxylic acids is 4. The van der Waals surface area contributed by atoms with Crippen molar-refractivity contribution >= 4 is 88.1 Å². The number of imidazole rings is 1. The third-order valence-corrected chi connectivity index (χ3v) is 18.9.